The molecular weight excluding hydrogens is 212 g/mol. The van der Waals surface area contributed by atoms with Crippen molar-refractivity contribution < 1.29 is 0 Å². The Hall–Kier alpha value is -1.25. The third-order valence-corrected chi connectivity index (χ3v) is 3.30. The molecule has 1 aliphatic heterocycles. The first kappa shape index (κ1) is 13.8. The fraction of sp³-hybridized carbons (Fsp3) is 0.643. The Morgan fingerprint density at radius 1 is 1.29 bits per heavy atom. The molecule has 0 amide bonds. The third kappa shape index (κ3) is 2.54. The zero-order valence-corrected chi connectivity index (χ0v) is 11.7. The van der Waals surface area contributed by atoms with E-state index in [1.54, 1.807) is 4.57 Å². The number of hydrogen-bond donors (Lipinski definition) is 0. The van der Waals surface area contributed by atoms with Crippen molar-refractivity contribution in [1.29, 1.82) is 0 Å². The Labute approximate surface area is 104 Å². The fourth-order valence-electron chi connectivity index (χ4n) is 2.03. The van der Waals surface area contributed by atoms with Gasteiger partial charge in [0.05, 0.1) is 0 Å². The number of pyridine rings is 1. The molecule has 2 rings (SSSR count). The maximum absolute atomic E-state index is 12.0. The van der Waals surface area contributed by atoms with Crippen molar-refractivity contribution in [3.63, 3.8) is 0 Å². The van der Waals surface area contributed by atoms with Crippen molar-refractivity contribution in [1.82, 2.24) is 4.57 Å². The summed E-state index contributed by atoms with van der Waals surface area (Å²) in [6, 6.07) is 2.14. The zero-order valence-electron chi connectivity index (χ0n) is 11.7. The normalized spacial score (nSPS) is 13.8. The summed E-state index contributed by atoms with van der Waals surface area (Å²) in [5.41, 5.74) is 3.32. The molecule has 0 N–H and O–H groups in total. The lowest BCUT2D eigenvalue weighted by atomic mass is 10.1. The second kappa shape index (κ2) is 5.89. The minimum atomic E-state index is 0.166. The monoisotopic (exact) mass is 236 g/mol. The highest BCUT2D eigenvalue weighted by molar-refractivity contribution is 5.55. The molecular formula is C14H24N2O. The van der Waals surface area contributed by atoms with E-state index in [-0.39, 0.29) is 5.56 Å². The van der Waals surface area contributed by atoms with Crippen LogP contribution in [0, 0.1) is 6.92 Å². The summed E-state index contributed by atoms with van der Waals surface area (Å²) in [5.74, 6) is 0. The van der Waals surface area contributed by atoms with Crippen LogP contribution in [0.5, 0.6) is 0 Å². The largest absolute Gasteiger partial charge is 0.371 e. The Balaban J connectivity index is 0.000000686. The van der Waals surface area contributed by atoms with Gasteiger partial charge >= 0.3 is 0 Å². The van der Waals surface area contributed by atoms with Gasteiger partial charge in [-0.15, -0.1) is 0 Å². The molecule has 0 saturated carbocycles. The van der Waals surface area contributed by atoms with Gasteiger partial charge in [-0.25, -0.2) is 0 Å². The molecule has 0 radical (unpaired) electrons. The molecule has 0 aromatic carbocycles. The van der Waals surface area contributed by atoms with Gasteiger partial charge in [0.15, 0.2) is 0 Å². The topological polar surface area (TPSA) is 25.2 Å². The van der Waals surface area contributed by atoms with Crippen molar-refractivity contribution in [3.8, 4) is 0 Å². The smallest absolute Gasteiger partial charge is 0.255 e. The predicted octanol–water partition coefficient (Wildman–Crippen LogP) is 2.49. The zero-order chi connectivity index (χ0) is 13.0. The van der Waals surface area contributed by atoms with Crippen LogP contribution >= 0.6 is 0 Å². The molecule has 3 nitrogen and oxygen atoms in total. The molecule has 0 bridgehead atoms. The van der Waals surface area contributed by atoms with E-state index in [0.717, 1.165) is 36.5 Å². The van der Waals surface area contributed by atoms with E-state index in [4.69, 9.17) is 0 Å². The van der Waals surface area contributed by atoms with Crippen LogP contribution in [0.3, 0.4) is 0 Å². The van der Waals surface area contributed by atoms with E-state index in [1.165, 1.54) is 6.42 Å². The highest BCUT2D eigenvalue weighted by atomic mass is 16.1. The lowest BCUT2D eigenvalue weighted by molar-refractivity contribution is 0.611. The van der Waals surface area contributed by atoms with Crippen molar-refractivity contribution >= 4 is 5.69 Å². The first-order valence-electron chi connectivity index (χ1n) is 6.59. The molecule has 1 aromatic rings. The lowest BCUT2D eigenvalue weighted by Crippen LogP contribution is -2.39. The van der Waals surface area contributed by atoms with Crippen molar-refractivity contribution in [3.05, 3.63) is 27.7 Å². The van der Waals surface area contributed by atoms with Gasteiger partial charge in [0.1, 0.15) is 0 Å². The SMILES string of the molecule is CC.CCc1c(N2CCC2)cc(C)n(C)c1=O. The standard InChI is InChI=1S/C12H18N2O.C2H6/c1-4-10-11(14-6-5-7-14)8-9(2)13(3)12(10)15;1-2/h8H,4-7H2,1-3H3;1-2H3. The summed E-state index contributed by atoms with van der Waals surface area (Å²) in [7, 11) is 1.84. The Bertz CT molecular complexity index is 431. The minimum absolute atomic E-state index is 0.166. The maximum atomic E-state index is 12.0. The van der Waals surface area contributed by atoms with Crippen LogP contribution in [0.4, 0.5) is 5.69 Å². The van der Waals surface area contributed by atoms with Gasteiger partial charge in [-0.2, -0.15) is 0 Å². The minimum Gasteiger partial charge on any atom is -0.371 e. The predicted molar refractivity (Wildman–Crippen MR) is 74.0 cm³/mol. The van der Waals surface area contributed by atoms with Gasteiger partial charge in [0, 0.05) is 37.1 Å². The lowest BCUT2D eigenvalue weighted by Gasteiger charge is -2.35. The van der Waals surface area contributed by atoms with Crippen LogP contribution < -0.4 is 10.5 Å². The van der Waals surface area contributed by atoms with Crippen LogP contribution in [0.15, 0.2) is 10.9 Å². The van der Waals surface area contributed by atoms with Gasteiger partial charge < -0.3 is 9.47 Å². The highest BCUT2D eigenvalue weighted by Gasteiger charge is 2.19. The summed E-state index contributed by atoms with van der Waals surface area (Å²) in [6.45, 7) is 10.2. The fourth-order valence-corrected chi connectivity index (χ4v) is 2.03. The van der Waals surface area contributed by atoms with Crippen molar-refractivity contribution in [2.24, 2.45) is 7.05 Å². The number of aromatic nitrogens is 1. The molecule has 2 heterocycles. The van der Waals surface area contributed by atoms with Crippen LogP contribution in [-0.4, -0.2) is 17.7 Å². The van der Waals surface area contributed by atoms with Gasteiger partial charge in [-0.1, -0.05) is 20.8 Å². The average Bonchev–Trinajstić information content (AvgIpc) is 2.27. The first-order valence-corrected chi connectivity index (χ1v) is 6.59. The summed E-state index contributed by atoms with van der Waals surface area (Å²) < 4.78 is 1.74. The molecule has 0 aliphatic carbocycles. The number of hydrogen-bond acceptors (Lipinski definition) is 2. The van der Waals surface area contributed by atoms with Crippen LogP contribution in [0.25, 0.3) is 0 Å². The second-order valence-electron chi connectivity index (χ2n) is 4.21. The number of rotatable bonds is 2. The highest BCUT2D eigenvalue weighted by Crippen LogP contribution is 2.24. The van der Waals surface area contributed by atoms with Gasteiger partial charge in [0.2, 0.25) is 0 Å². The molecule has 1 saturated heterocycles. The Morgan fingerprint density at radius 2 is 1.88 bits per heavy atom. The molecule has 1 aliphatic rings. The summed E-state index contributed by atoms with van der Waals surface area (Å²) in [4.78, 5) is 14.3. The Kier molecular flexibility index (Phi) is 4.79. The first-order chi connectivity index (χ1) is 8.15. The van der Waals surface area contributed by atoms with Gasteiger partial charge in [0.25, 0.3) is 5.56 Å². The van der Waals surface area contributed by atoms with Crippen LogP contribution in [0.2, 0.25) is 0 Å². The van der Waals surface area contributed by atoms with E-state index < -0.39 is 0 Å². The number of anilines is 1. The van der Waals surface area contributed by atoms with E-state index in [1.807, 2.05) is 27.8 Å². The quantitative estimate of drug-likeness (QED) is 0.788. The van der Waals surface area contributed by atoms with Crippen molar-refractivity contribution in [2.45, 2.75) is 40.5 Å². The molecule has 1 aromatic heterocycles. The molecule has 17 heavy (non-hydrogen) atoms. The number of nitrogens with zero attached hydrogens (tertiary/aromatic N) is 2. The molecule has 0 spiro atoms. The molecule has 0 unspecified atom stereocenters. The van der Waals surface area contributed by atoms with E-state index in [0.29, 0.717) is 0 Å². The van der Waals surface area contributed by atoms with E-state index >= 15 is 0 Å². The second-order valence-corrected chi connectivity index (χ2v) is 4.21. The van der Waals surface area contributed by atoms with Gasteiger partial charge in [-0.05, 0) is 25.8 Å². The Morgan fingerprint density at radius 3 is 2.29 bits per heavy atom. The summed E-state index contributed by atoms with van der Waals surface area (Å²) in [5, 5.41) is 0. The number of aryl methyl sites for hydroxylation is 1. The van der Waals surface area contributed by atoms with Crippen LogP contribution in [-0.2, 0) is 13.5 Å². The van der Waals surface area contributed by atoms with Gasteiger partial charge in [-0.3, -0.25) is 4.79 Å². The van der Waals surface area contributed by atoms with E-state index in [2.05, 4.69) is 17.9 Å². The molecule has 1 fully saturated rings. The third-order valence-electron chi connectivity index (χ3n) is 3.30. The summed E-state index contributed by atoms with van der Waals surface area (Å²) >= 11 is 0. The summed E-state index contributed by atoms with van der Waals surface area (Å²) in [6.07, 6.45) is 2.07. The van der Waals surface area contributed by atoms with Crippen LogP contribution in [0.1, 0.15) is 38.4 Å². The van der Waals surface area contributed by atoms with Crippen molar-refractivity contribution in [2.75, 3.05) is 18.0 Å². The molecule has 3 heteroatoms. The van der Waals surface area contributed by atoms with E-state index in [9.17, 15) is 4.79 Å². The molecule has 0 atom stereocenters. The molecule has 96 valence electrons. The average molecular weight is 236 g/mol. The maximum Gasteiger partial charge on any atom is 0.255 e.